The van der Waals surface area contributed by atoms with E-state index in [1.165, 1.54) is 11.3 Å². The zero-order valence-corrected chi connectivity index (χ0v) is 16.7. The summed E-state index contributed by atoms with van der Waals surface area (Å²) >= 11 is 1.45. The molecule has 2 aromatic heterocycles. The number of carbonyl (C=O) groups is 1. The lowest BCUT2D eigenvalue weighted by Gasteiger charge is -2.07. The number of hydrogen-bond acceptors (Lipinski definition) is 7. The van der Waals surface area contributed by atoms with Crippen LogP contribution in [0.15, 0.2) is 42.5 Å². The number of amides is 1. The predicted octanol–water partition coefficient (Wildman–Crippen LogP) is 4.41. The third-order valence-electron chi connectivity index (χ3n) is 4.87. The normalized spacial score (nSPS) is 12.2. The fraction of sp³-hybridized carbons (Fsp3) is 0.182. The van der Waals surface area contributed by atoms with E-state index in [4.69, 9.17) is 9.47 Å². The van der Waals surface area contributed by atoms with Gasteiger partial charge >= 0.3 is 0 Å². The van der Waals surface area contributed by atoms with Gasteiger partial charge in [-0.05, 0) is 37.1 Å². The van der Waals surface area contributed by atoms with Crippen LogP contribution in [-0.2, 0) is 11.2 Å². The fourth-order valence-electron chi connectivity index (χ4n) is 3.42. The summed E-state index contributed by atoms with van der Waals surface area (Å²) in [4.78, 5) is 21.4. The van der Waals surface area contributed by atoms with Crippen molar-refractivity contribution < 1.29 is 14.3 Å². The number of fused-ring (bicyclic) bond motifs is 3. The van der Waals surface area contributed by atoms with Gasteiger partial charge in [0.15, 0.2) is 16.6 Å². The Balaban J connectivity index is 1.26. The number of aryl methyl sites for hydroxylation is 1. The molecule has 0 fully saturated rings. The van der Waals surface area contributed by atoms with Crippen LogP contribution in [0.1, 0.15) is 24.1 Å². The average Bonchev–Trinajstić information content (AvgIpc) is 3.37. The molecule has 7 nitrogen and oxygen atoms in total. The molecule has 2 aromatic carbocycles. The number of nitriles is 1. The number of aromatic nitrogens is 2. The van der Waals surface area contributed by atoms with Crippen LogP contribution >= 0.6 is 11.3 Å². The van der Waals surface area contributed by atoms with E-state index in [0.29, 0.717) is 47.2 Å². The molecule has 0 saturated heterocycles. The second kappa shape index (κ2) is 7.61. The monoisotopic (exact) mass is 416 g/mol. The van der Waals surface area contributed by atoms with Crippen LogP contribution in [0.5, 0.6) is 11.5 Å². The van der Waals surface area contributed by atoms with Crippen LogP contribution in [0.2, 0.25) is 0 Å². The Labute approximate surface area is 175 Å². The van der Waals surface area contributed by atoms with E-state index in [1.54, 1.807) is 6.07 Å². The number of nitrogens with zero attached hydrogens (tertiary/aromatic N) is 3. The van der Waals surface area contributed by atoms with Crippen molar-refractivity contribution in [1.82, 2.24) is 9.97 Å². The van der Waals surface area contributed by atoms with Crippen molar-refractivity contribution in [2.24, 2.45) is 0 Å². The number of ether oxygens (including phenoxy) is 2. The zero-order chi connectivity index (χ0) is 20.5. The van der Waals surface area contributed by atoms with Gasteiger partial charge in [-0.25, -0.2) is 4.98 Å². The Kier molecular flexibility index (Phi) is 4.65. The molecule has 0 unspecified atom stereocenters. The van der Waals surface area contributed by atoms with Crippen molar-refractivity contribution in [3.05, 3.63) is 53.7 Å². The summed E-state index contributed by atoms with van der Waals surface area (Å²) in [6, 6.07) is 15.4. The van der Waals surface area contributed by atoms with Crippen molar-refractivity contribution >= 4 is 43.5 Å². The van der Waals surface area contributed by atoms with E-state index in [1.807, 2.05) is 36.4 Å². The first kappa shape index (κ1) is 18.3. The van der Waals surface area contributed by atoms with Crippen molar-refractivity contribution in [1.29, 1.82) is 5.26 Å². The molecular formula is C22H16N4O3S. The van der Waals surface area contributed by atoms with Crippen molar-refractivity contribution in [3.63, 3.8) is 0 Å². The molecule has 8 heteroatoms. The Morgan fingerprint density at radius 1 is 1.13 bits per heavy atom. The predicted molar refractivity (Wildman–Crippen MR) is 114 cm³/mol. The van der Waals surface area contributed by atoms with Crippen LogP contribution in [0.3, 0.4) is 0 Å². The first-order valence-corrected chi connectivity index (χ1v) is 10.3. The van der Waals surface area contributed by atoms with Crippen molar-refractivity contribution in [3.8, 4) is 17.6 Å². The van der Waals surface area contributed by atoms with Gasteiger partial charge in [0.1, 0.15) is 6.07 Å². The summed E-state index contributed by atoms with van der Waals surface area (Å²) in [6.07, 6.45) is 1.43. The summed E-state index contributed by atoms with van der Waals surface area (Å²) in [7, 11) is 0. The fourth-order valence-corrected chi connectivity index (χ4v) is 4.30. The second-order valence-electron chi connectivity index (χ2n) is 6.88. The minimum absolute atomic E-state index is 0.100. The summed E-state index contributed by atoms with van der Waals surface area (Å²) in [5.41, 5.74) is 2.80. The van der Waals surface area contributed by atoms with Crippen LogP contribution in [-0.4, -0.2) is 22.7 Å². The molecule has 1 aliphatic heterocycles. The highest BCUT2D eigenvalue weighted by Gasteiger charge is 2.17. The van der Waals surface area contributed by atoms with E-state index in [2.05, 4.69) is 21.4 Å². The number of pyridine rings is 1. The standard InChI is InChI=1S/C22H16N4O3S/c23-11-14-8-13-9-18-19(29-12-28-18)10-17(13)24-15(14)5-3-7-21(27)26-22-25-16-4-1-2-6-20(16)30-22/h1-2,4,6,8-10H,3,5,7,12H2,(H,25,26,27). The Hall–Kier alpha value is -3.70. The summed E-state index contributed by atoms with van der Waals surface area (Å²) in [5, 5.41) is 13.8. The van der Waals surface area contributed by atoms with Crippen molar-refractivity contribution in [2.75, 3.05) is 12.1 Å². The Morgan fingerprint density at radius 2 is 1.97 bits per heavy atom. The largest absolute Gasteiger partial charge is 0.454 e. The molecule has 0 bridgehead atoms. The first-order chi connectivity index (χ1) is 14.7. The lowest BCUT2D eigenvalue weighted by molar-refractivity contribution is -0.116. The van der Waals surface area contributed by atoms with Gasteiger partial charge in [0.25, 0.3) is 0 Å². The van der Waals surface area contributed by atoms with Gasteiger partial charge in [0, 0.05) is 17.9 Å². The van der Waals surface area contributed by atoms with E-state index in [-0.39, 0.29) is 12.7 Å². The number of para-hydroxylation sites is 1. The molecule has 3 heterocycles. The molecule has 0 saturated carbocycles. The van der Waals surface area contributed by atoms with Crippen LogP contribution in [0.4, 0.5) is 5.13 Å². The second-order valence-corrected chi connectivity index (χ2v) is 7.91. The van der Waals surface area contributed by atoms with Gasteiger partial charge < -0.3 is 14.8 Å². The zero-order valence-electron chi connectivity index (χ0n) is 15.8. The molecule has 0 spiro atoms. The Morgan fingerprint density at radius 3 is 2.80 bits per heavy atom. The number of hydrogen-bond donors (Lipinski definition) is 1. The highest BCUT2D eigenvalue weighted by atomic mass is 32.1. The number of anilines is 1. The van der Waals surface area contributed by atoms with Gasteiger partial charge in [-0.1, -0.05) is 23.5 Å². The molecule has 1 aliphatic rings. The number of benzene rings is 2. The molecule has 5 rings (SSSR count). The first-order valence-electron chi connectivity index (χ1n) is 9.48. The topological polar surface area (TPSA) is 97.1 Å². The minimum atomic E-state index is -0.100. The van der Waals surface area contributed by atoms with Crippen LogP contribution in [0.25, 0.3) is 21.1 Å². The molecule has 1 amide bonds. The molecule has 0 radical (unpaired) electrons. The minimum Gasteiger partial charge on any atom is -0.454 e. The molecule has 0 aliphatic carbocycles. The average molecular weight is 416 g/mol. The molecule has 4 aromatic rings. The highest BCUT2D eigenvalue weighted by Crippen LogP contribution is 2.36. The summed E-state index contributed by atoms with van der Waals surface area (Å²) in [6.45, 7) is 0.188. The SMILES string of the molecule is N#Cc1cc2cc3c(cc2nc1CCCC(=O)Nc1nc2ccccc2s1)OCO3. The lowest BCUT2D eigenvalue weighted by atomic mass is 10.1. The molecule has 1 N–H and O–H groups in total. The van der Waals surface area contributed by atoms with Crippen molar-refractivity contribution in [2.45, 2.75) is 19.3 Å². The third kappa shape index (κ3) is 3.51. The van der Waals surface area contributed by atoms with Gasteiger partial charge in [-0.15, -0.1) is 0 Å². The summed E-state index contributed by atoms with van der Waals surface area (Å²) < 4.78 is 11.8. The van der Waals surface area contributed by atoms with Gasteiger partial charge in [-0.2, -0.15) is 5.26 Å². The number of rotatable bonds is 5. The van der Waals surface area contributed by atoms with Gasteiger partial charge in [0.05, 0.1) is 27.0 Å². The molecule has 0 atom stereocenters. The van der Waals surface area contributed by atoms with Gasteiger partial charge in [0.2, 0.25) is 12.7 Å². The Bertz CT molecular complexity index is 1290. The van der Waals surface area contributed by atoms with Crippen LogP contribution < -0.4 is 14.8 Å². The highest BCUT2D eigenvalue weighted by molar-refractivity contribution is 7.22. The number of carbonyl (C=O) groups excluding carboxylic acids is 1. The number of thiazole rings is 1. The third-order valence-corrected chi connectivity index (χ3v) is 5.82. The maximum atomic E-state index is 12.3. The molecular weight excluding hydrogens is 400 g/mol. The quantitative estimate of drug-likeness (QED) is 0.518. The molecule has 148 valence electrons. The number of nitrogens with one attached hydrogen (secondary N) is 1. The van der Waals surface area contributed by atoms with Gasteiger partial charge in [-0.3, -0.25) is 9.78 Å². The maximum Gasteiger partial charge on any atom is 0.231 e. The van der Waals surface area contributed by atoms with E-state index >= 15 is 0 Å². The summed E-state index contributed by atoms with van der Waals surface area (Å²) in [5.74, 6) is 1.21. The smallest absolute Gasteiger partial charge is 0.231 e. The van der Waals surface area contributed by atoms with Crippen LogP contribution in [0, 0.1) is 11.3 Å². The molecule has 30 heavy (non-hydrogen) atoms. The van der Waals surface area contributed by atoms with E-state index in [9.17, 15) is 10.1 Å². The maximum absolute atomic E-state index is 12.3. The van der Waals surface area contributed by atoms with E-state index < -0.39 is 0 Å². The lowest BCUT2D eigenvalue weighted by Crippen LogP contribution is -2.11. The van der Waals surface area contributed by atoms with E-state index in [0.717, 1.165) is 21.1 Å².